The van der Waals surface area contributed by atoms with Gasteiger partial charge < -0.3 is 25.2 Å². The highest BCUT2D eigenvalue weighted by atomic mass is 35.5. The van der Waals surface area contributed by atoms with E-state index in [1.165, 1.54) is 0 Å². The zero-order valence-electron chi connectivity index (χ0n) is 12.9. The Hall–Kier alpha value is -1.76. The molecule has 7 heteroatoms. The molecule has 0 aliphatic carbocycles. The summed E-state index contributed by atoms with van der Waals surface area (Å²) in [5.74, 6) is 1.36. The molecule has 2 aliphatic rings. The van der Waals surface area contributed by atoms with Crippen LogP contribution in [0.3, 0.4) is 0 Å². The minimum atomic E-state index is -0.401. The summed E-state index contributed by atoms with van der Waals surface area (Å²) in [6.45, 7) is 2.00. The highest BCUT2D eigenvalue weighted by molar-refractivity contribution is 5.99. The van der Waals surface area contributed by atoms with Crippen molar-refractivity contribution in [1.82, 2.24) is 10.6 Å². The van der Waals surface area contributed by atoms with Gasteiger partial charge in [0.05, 0.1) is 18.8 Å². The zero-order chi connectivity index (χ0) is 15.5. The van der Waals surface area contributed by atoms with Gasteiger partial charge in [-0.3, -0.25) is 4.79 Å². The third kappa shape index (κ3) is 3.96. The molecule has 1 amide bonds. The highest BCUT2D eigenvalue weighted by Crippen LogP contribution is 2.29. The van der Waals surface area contributed by atoms with E-state index in [9.17, 15) is 9.90 Å². The number of carbonyl (C=O) groups excluding carboxylic acids is 1. The predicted molar refractivity (Wildman–Crippen MR) is 89.1 cm³/mol. The number of nitrogens with one attached hydrogen (secondary N) is 2. The fourth-order valence-electron chi connectivity index (χ4n) is 2.68. The van der Waals surface area contributed by atoms with Crippen LogP contribution in [0.1, 0.15) is 5.56 Å². The molecule has 2 atom stereocenters. The van der Waals surface area contributed by atoms with Gasteiger partial charge in [-0.2, -0.15) is 0 Å². The van der Waals surface area contributed by atoms with E-state index < -0.39 is 6.10 Å². The summed E-state index contributed by atoms with van der Waals surface area (Å²) in [7, 11) is 1.60. The second-order valence-electron chi connectivity index (χ2n) is 5.56. The lowest BCUT2D eigenvalue weighted by atomic mass is 10.0. The van der Waals surface area contributed by atoms with E-state index in [-0.39, 0.29) is 30.8 Å². The van der Waals surface area contributed by atoms with Crippen LogP contribution in [0.2, 0.25) is 0 Å². The summed E-state index contributed by atoms with van der Waals surface area (Å²) < 4.78 is 10.8. The van der Waals surface area contributed by atoms with Crippen LogP contribution in [0.4, 0.5) is 0 Å². The fourth-order valence-corrected chi connectivity index (χ4v) is 2.68. The van der Waals surface area contributed by atoms with Crippen LogP contribution < -0.4 is 20.1 Å². The quantitative estimate of drug-likeness (QED) is 0.747. The first-order valence-electron chi connectivity index (χ1n) is 7.36. The number of β-amino-alcohol motifs (C(OH)–C–C–N with tert-alkyl or cyclic N) is 1. The minimum Gasteiger partial charge on any atom is -0.497 e. The molecule has 1 aromatic carbocycles. The number of rotatable bonds is 4. The number of hydrogen-bond acceptors (Lipinski definition) is 5. The maximum Gasteiger partial charge on any atom is 0.250 e. The number of ether oxygens (including phenoxy) is 2. The summed E-state index contributed by atoms with van der Waals surface area (Å²) in [5.41, 5.74) is 1.40. The van der Waals surface area contributed by atoms with Gasteiger partial charge in [-0.15, -0.1) is 12.4 Å². The Bertz CT molecular complexity index is 606. The van der Waals surface area contributed by atoms with Gasteiger partial charge in [-0.05, 0) is 24.3 Å². The second kappa shape index (κ2) is 7.68. The SMILES string of the molecule is COc1ccc2c(c1)C=C(C(=O)NCC1CNCC1O)CO2.Cl. The smallest absolute Gasteiger partial charge is 0.250 e. The summed E-state index contributed by atoms with van der Waals surface area (Å²) in [6, 6.07) is 5.50. The van der Waals surface area contributed by atoms with Crippen molar-refractivity contribution >= 4 is 24.4 Å². The van der Waals surface area contributed by atoms with Crippen molar-refractivity contribution in [3.05, 3.63) is 29.3 Å². The molecule has 3 rings (SSSR count). The molecule has 126 valence electrons. The molecular weight excluding hydrogens is 320 g/mol. The van der Waals surface area contributed by atoms with Gasteiger partial charge in [0.15, 0.2) is 0 Å². The molecule has 2 unspecified atom stereocenters. The standard InChI is InChI=1S/C16H20N2O4.ClH/c1-21-13-2-3-15-10(5-13)4-11(9-22-15)16(20)18-7-12-6-17-8-14(12)19;/h2-5,12,14,17,19H,6-9H2,1H3,(H,18,20);1H. The van der Waals surface area contributed by atoms with Crippen molar-refractivity contribution in [2.24, 2.45) is 5.92 Å². The van der Waals surface area contributed by atoms with Gasteiger partial charge in [-0.25, -0.2) is 0 Å². The van der Waals surface area contributed by atoms with Crippen molar-refractivity contribution in [1.29, 1.82) is 0 Å². The van der Waals surface area contributed by atoms with Crippen molar-refractivity contribution in [2.45, 2.75) is 6.10 Å². The topological polar surface area (TPSA) is 79.8 Å². The first-order chi connectivity index (χ1) is 10.7. The maximum atomic E-state index is 12.2. The largest absolute Gasteiger partial charge is 0.497 e. The first-order valence-corrected chi connectivity index (χ1v) is 7.36. The Morgan fingerprint density at radius 3 is 3.00 bits per heavy atom. The van der Waals surface area contributed by atoms with Gasteiger partial charge in [-0.1, -0.05) is 0 Å². The van der Waals surface area contributed by atoms with Crippen LogP contribution in [-0.4, -0.2) is 50.5 Å². The average molecular weight is 341 g/mol. The molecule has 23 heavy (non-hydrogen) atoms. The number of hydrogen-bond donors (Lipinski definition) is 3. The predicted octanol–water partition coefficient (Wildman–Crippen LogP) is 0.589. The number of carbonyl (C=O) groups is 1. The lowest BCUT2D eigenvalue weighted by molar-refractivity contribution is -0.118. The Morgan fingerprint density at radius 2 is 2.30 bits per heavy atom. The molecule has 2 aliphatic heterocycles. The van der Waals surface area contributed by atoms with E-state index in [4.69, 9.17) is 9.47 Å². The van der Waals surface area contributed by atoms with Crippen molar-refractivity contribution < 1.29 is 19.4 Å². The molecule has 0 saturated carbocycles. The molecule has 1 saturated heterocycles. The summed E-state index contributed by atoms with van der Waals surface area (Å²) in [6.07, 6.45) is 1.42. The highest BCUT2D eigenvalue weighted by Gasteiger charge is 2.26. The fraction of sp³-hybridized carbons (Fsp3) is 0.438. The van der Waals surface area contributed by atoms with Crippen LogP contribution in [0.15, 0.2) is 23.8 Å². The van der Waals surface area contributed by atoms with Gasteiger partial charge >= 0.3 is 0 Å². The number of halogens is 1. The Morgan fingerprint density at radius 1 is 1.48 bits per heavy atom. The van der Waals surface area contributed by atoms with Gasteiger partial charge in [0.1, 0.15) is 18.1 Å². The van der Waals surface area contributed by atoms with E-state index in [2.05, 4.69) is 10.6 Å². The van der Waals surface area contributed by atoms with E-state index in [1.807, 2.05) is 24.3 Å². The Kier molecular flexibility index (Phi) is 5.87. The summed E-state index contributed by atoms with van der Waals surface area (Å²) in [4.78, 5) is 12.2. The van der Waals surface area contributed by atoms with Crippen molar-refractivity contribution in [2.75, 3.05) is 33.4 Å². The maximum absolute atomic E-state index is 12.2. The summed E-state index contributed by atoms with van der Waals surface area (Å²) in [5, 5.41) is 15.7. The van der Waals surface area contributed by atoms with E-state index in [0.717, 1.165) is 23.6 Å². The molecule has 1 aromatic rings. The van der Waals surface area contributed by atoms with Crippen LogP contribution in [0, 0.1) is 5.92 Å². The molecule has 1 fully saturated rings. The normalized spacial score (nSPS) is 22.3. The second-order valence-corrected chi connectivity index (χ2v) is 5.56. The Labute approximate surface area is 141 Å². The minimum absolute atomic E-state index is 0. The van der Waals surface area contributed by atoms with E-state index >= 15 is 0 Å². The van der Waals surface area contributed by atoms with Crippen molar-refractivity contribution in [3.8, 4) is 11.5 Å². The van der Waals surface area contributed by atoms with Gasteiger partial charge in [0, 0.05) is 31.1 Å². The number of aliphatic hydroxyl groups is 1. The molecule has 0 spiro atoms. The van der Waals surface area contributed by atoms with Crippen LogP contribution >= 0.6 is 12.4 Å². The van der Waals surface area contributed by atoms with Crippen LogP contribution in [0.5, 0.6) is 11.5 Å². The van der Waals surface area contributed by atoms with Crippen LogP contribution in [-0.2, 0) is 4.79 Å². The third-order valence-electron chi connectivity index (χ3n) is 4.05. The first kappa shape index (κ1) is 17.6. The van der Waals surface area contributed by atoms with Gasteiger partial charge in [0.25, 0.3) is 5.91 Å². The number of benzene rings is 1. The number of aliphatic hydroxyl groups excluding tert-OH is 1. The van der Waals surface area contributed by atoms with Crippen LogP contribution in [0.25, 0.3) is 6.08 Å². The molecule has 0 radical (unpaired) electrons. The lowest BCUT2D eigenvalue weighted by Gasteiger charge is -2.19. The number of amides is 1. The van der Waals surface area contributed by atoms with E-state index in [0.29, 0.717) is 18.7 Å². The molecule has 6 nitrogen and oxygen atoms in total. The molecule has 2 heterocycles. The number of methoxy groups -OCH3 is 1. The monoisotopic (exact) mass is 340 g/mol. The number of fused-ring (bicyclic) bond motifs is 1. The molecule has 3 N–H and O–H groups in total. The zero-order valence-corrected chi connectivity index (χ0v) is 13.7. The molecule has 0 bridgehead atoms. The lowest BCUT2D eigenvalue weighted by Crippen LogP contribution is -2.36. The summed E-state index contributed by atoms with van der Waals surface area (Å²) >= 11 is 0. The van der Waals surface area contributed by atoms with Crippen molar-refractivity contribution in [3.63, 3.8) is 0 Å². The molecule has 0 aromatic heterocycles. The third-order valence-corrected chi connectivity index (χ3v) is 4.05. The van der Waals surface area contributed by atoms with Gasteiger partial charge in [0.2, 0.25) is 0 Å². The Balaban J connectivity index is 0.00000192. The average Bonchev–Trinajstić information content (AvgIpc) is 2.96. The van der Waals surface area contributed by atoms with E-state index in [1.54, 1.807) is 7.11 Å². The molecular formula is C16H21ClN2O4.